The van der Waals surface area contributed by atoms with Crippen LogP contribution in [0.3, 0.4) is 0 Å². The molecule has 226 valence electrons. The van der Waals surface area contributed by atoms with Gasteiger partial charge in [-0.05, 0) is 53.4 Å². The van der Waals surface area contributed by atoms with Gasteiger partial charge in [-0.1, -0.05) is 66.7 Å². The first-order valence-corrected chi connectivity index (χ1v) is 15.7. The van der Waals surface area contributed by atoms with E-state index in [4.69, 9.17) is 0 Å². The van der Waals surface area contributed by atoms with Crippen molar-refractivity contribution in [1.82, 2.24) is 24.1 Å². The number of pyridine rings is 1. The van der Waals surface area contributed by atoms with E-state index in [9.17, 15) is 19.5 Å². The Morgan fingerprint density at radius 2 is 1.53 bits per heavy atom. The molecule has 2 aliphatic rings. The second-order valence-corrected chi connectivity index (χ2v) is 12.2. The number of aromatic amines is 1. The number of hydrogen-bond donors (Lipinski definition) is 2. The molecule has 1 aliphatic heterocycles. The number of carboxylic acids is 1. The first-order chi connectivity index (χ1) is 21.9. The lowest BCUT2D eigenvalue weighted by Crippen LogP contribution is -2.54. The maximum atomic E-state index is 14.0. The Labute approximate surface area is 264 Å². The lowest BCUT2D eigenvalue weighted by atomic mass is 10.0. The zero-order valence-electron chi connectivity index (χ0n) is 24.6. The fraction of sp³-hybridized carbons (Fsp3) is 0.200. The van der Waals surface area contributed by atoms with E-state index in [0.717, 1.165) is 22.9 Å². The number of H-pyrrole nitrogens is 1. The normalized spacial score (nSPS) is 15.4. The van der Waals surface area contributed by atoms with E-state index >= 15 is 0 Å². The maximum absolute atomic E-state index is 14.0. The SMILES string of the molecule is C[C@H](C(=O)N1CCN(C2c3ccccc3-c3ccccc32)CC1)N(Sc1ncccc1C(=O)O)C(=O)c1cc2ccccc2[nH]1. The summed E-state index contributed by atoms with van der Waals surface area (Å²) in [4.78, 5) is 51.6. The van der Waals surface area contributed by atoms with Crippen LogP contribution in [-0.4, -0.2) is 79.2 Å². The summed E-state index contributed by atoms with van der Waals surface area (Å²) in [5.74, 6) is -1.79. The molecule has 5 aromatic rings. The molecule has 0 saturated carbocycles. The summed E-state index contributed by atoms with van der Waals surface area (Å²) in [5.41, 5.74) is 6.13. The van der Waals surface area contributed by atoms with Crippen molar-refractivity contribution in [2.24, 2.45) is 0 Å². The lowest BCUT2D eigenvalue weighted by Gasteiger charge is -2.40. The molecule has 10 heteroatoms. The highest BCUT2D eigenvalue weighted by Crippen LogP contribution is 2.46. The molecule has 1 aliphatic carbocycles. The largest absolute Gasteiger partial charge is 0.478 e. The molecule has 0 unspecified atom stereocenters. The number of aromatic nitrogens is 2. The average molecular weight is 618 g/mol. The zero-order valence-corrected chi connectivity index (χ0v) is 25.4. The number of piperazine rings is 1. The predicted octanol–water partition coefficient (Wildman–Crippen LogP) is 5.71. The second kappa shape index (κ2) is 11.9. The molecule has 1 atom stereocenters. The van der Waals surface area contributed by atoms with E-state index in [1.165, 1.54) is 44.9 Å². The van der Waals surface area contributed by atoms with Crippen LogP contribution in [0.15, 0.2) is 102 Å². The molecule has 3 heterocycles. The third-order valence-electron chi connectivity index (χ3n) is 8.65. The fourth-order valence-corrected chi connectivity index (χ4v) is 7.39. The summed E-state index contributed by atoms with van der Waals surface area (Å²) in [6, 6.07) is 28.5. The van der Waals surface area contributed by atoms with Crippen LogP contribution in [0.1, 0.15) is 44.9 Å². The number of fused-ring (bicyclic) bond motifs is 4. The van der Waals surface area contributed by atoms with E-state index < -0.39 is 17.9 Å². The molecule has 2 amide bonds. The monoisotopic (exact) mass is 617 g/mol. The van der Waals surface area contributed by atoms with Gasteiger partial charge >= 0.3 is 5.97 Å². The van der Waals surface area contributed by atoms with Gasteiger partial charge in [0.05, 0.1) is 11.6 Å². The number of para-hydroxylation sites is 1. The van der Waals surface area contributed by atoms with Gasteiger partial charge in [0.1, 0.15) is 16.8 Å². The Bertz CT molecular complexity index is 1850. The van der Waals surface area contributed by atoms with E-state index in [1.54, 1.807) is 17.9 Å². The number of nitrogens with zero attached hydrogens (tertiary/aromatic N) is 4. The summed E-state index contributed by atoms with van der Waals surface area (Å²) < 4.78 is 1.34. The minimum atomic E-state index is -1.16. The van der Waals surface area contributed by atoms with Gasteiger partial charge in [-0.2, -0.15) is 0 Å². The highest BCUT2D eigenvalue weighted by atomic mass is 32.2. The van der Waals surface area contributed by atoms with Crippen LogP contribution < -0.4 is 0 Å². The molecule has 2 N–H and O–H groups in total. The van der Waals surface area contributed by atoms with Gasteiger partial charge in [0.15, 0.2) is 0 Å². The number of hydrogen-bond acceptors (Lipinski definition) is 6. The van der Waals surface area contributed by atoms with Crippen LogP contribution >= 0.6 is 11.9 Å². The number of carbonyl (C=O) groups is 3. The van der Waals surface area contributed by atoms with Crippen molar-refractivity contribution in [2.45, 2.75) is 24.0 Å². The van der Waals surface area contributed by atoms with Gasteiger partial charge in [0, 0.05) is 55.2 Å². The number of nitrogens with one attached hydrogen (secondary N) is 1. The number of benzene rings is 3. The van der Waals surface area contributed by atoms with Crippen molar-refractivity contribution >= 4 is 40.6 Å². The van der Waals surface area contributed by atoms with Crippen LogP contribution in [0.4, 0.5) is 0 Å². The summed E-state index contributed by atoms with van der Waals surface area (Å²) >= 11 is 0.876. The molecular formula is C35H31N5O4S. The Morgan fingerprint density at radius 3 is 2.20 bits per heavy atom. The number of carbonyl (C=O) groups excluding carboxylic acids is 2. The Balaban J connectivity index is 1.13. The van der Waals surface area contributed by atoms with Crippen LogP contribution in [0.2, 0.25) is 0 Å². The molecule has 0 bridgehead atoms. The van der Waals surface area contributed by atoms with Crippen LogP contribution in [0.25, 0.3) is 22.0 Å². The van der Waals surface area contributed by atoms with Crippen molar-refractivity contribution in [3.63, 3.8) is 0 Å². The quantitative estimate of drug-likeness (QED) is 0.225. The minimum absolute atomic E-state index is 0.0395. The number of aromatic carboxylic acids is 1. The molecule has 9 nitrogen and oxygen atoms in total. The number of carboxylic acid groups (broad SMARTS) is 1. The highest BCUT2D eigenvalue weighted by molar-refractivity contribution is 7.97. The molecule has 3 aromatic carbocycles. The smallest absolute Gasteiger partial charge is 0.338 e. The minimum Gasteiger partial charge on any atom is -0.478 e. The standard InChI is InChI=1S/C35H31N5O4S/c1-22(33(41)39-19-17-38(18-20-39)31-26-12-5-3-10-24(26)25-11-4-6-13-27(25)31)40(45-32-28(35(43)44)14-8-16-36-32)34(42)30-21-23-9-2-7-15-29(23)37-30/h2-16,21-22,31,37H,17-20H2,1H3,(H,43,44)/t22-/m1/s1. The van der Waals surface area contributed by atoms with Crippen LogP contribution in [0, 0.1) is 0 Å². The number of rotatable bonds is 7. The third kappa shape index (κ3) is 5.26. The van der Waals surface area contributed by atoms with Gasteiger partial charge < -0.3 is 15.0 Å². The van der Waals surface area contributed by atoms with Crippen LogP contribution in [0.5, 0.6) is 0 Å². The van der Waals surface area contributed by atoms with Crippen molar-refractivity contribution in [3.05, 3.63) is 120 Å². The van der Waals surface area contributed by atoms with Gasteiger partial charge in [-0.15, -0.1) is 0 Å². The first-order valence-electron chi connectivity index (χ1n) is 14.9. The summed E-state index contributed by atoms with van der Waals surface area (Å²) in [6.07, 6.45) is 1.48. The first kappa shape index (κ1) is 28.8. The van der Waals surface area contributed by atoms with Crippen molar-refractivity contribution in [2.75, 3.05) is 26.2 Å². The van der Waals surface area contributed by atoms with Crippen molar-refractivity contribution in [3.8, 4) is 11.1 Å². The summed E-state index contributed by atoms with van der Waals surface area (Å²) in [5, 5.41) is 10.8. The fourth-order valence-electron chi connectivity index (χ4n) is 6.41. The highest BCUT2D eigenvalue weighted by Gasteiger charge is 2.38. The Morgan fingerprint density at radius 1 is 0.889 bits per heavy atom. The van der Waals surface area contributed by atoms with E-state index in [0.29, 0.717) is 31.9 Å². The predicted molar refractivity (Wildman–Crippen MR) is 173 cm³/mol. The molecule has 1 saturated heterocycles. The van der Waals surface area contributed by atoms with Crippen molar-refractivity contribution in [1.29, 1.82) is 0 Å². The lowest BCUT2D eigenvalue weighted by molar-refractivity contribution is -0.136. The van der Waals surface area contributed by atoms with E-state index in [2.05, 4.69) is 63.4 Å². The van der Waals surface area contributed by atoms with Gasteiger partial charge in [0.25, 0.3) is 5.91 Å². The number of amides is 2. The summed E-state index contributed by atoms with van der Waals surface area (Å²) in [7, 11) is 0. The average Bonchev–Trinajstić information content (AvgIpc) is 3.66. The Hall–Kier alpha value is -4.93. The van der Waals surface area contributed by atoms with Gasteiger partial charge in [-0.3, -0.25) is 18.8 Å². The Kier molecular flexibility index (Phi) is 7.60. The molecule has 0 spiro atoms. The topological polar surface area (TPSA) is 110 Å². The second-order valence-electron chi connectivity index (χ2n) is 11.3. The molecule has 1 fully saturated rings. The van der Waals surface area contributed by atoms with Crippen LogP contribution in [-0.2, 0) is 4.79 Å². The van der Waals surface area contributed by atoms with E-state index in [1.807, 2.05) is 24.3 Å². The zero-order chi connectivity index (χ0) is 31.1. The van der Waals surface area contributed by atoms with Crippen molar-refractivity contribution < 1.29 is 19.5 Å². The van der Waals surface area contributed by atoms with E-state index in [-0.39, 0.29) is 22.5 Å². The van der Waals surface area contributed by atoms with Gasteiger partial charge in [-0.25, -0.2) is 9.78 Å². The molecule has 2 aromatic heterocycles. The summed E-state index contributed by atoms with van der Waals surface area (Å²) in [6.45, 7) is 4.06. The molecule has 0 radical (unpaired) electrons. The maximum Gasteiger partial charge on any atom is 0.338 e. The molecule has 45 heavy (non-hydrogen) atoms. The molecular weight excluding hydrogens is 586 g/mol. The van der Waals surface area contributed by atoms with Gasteiger partial charge in [0.2, 0.25) is 5.91 Å². The molecule has 7 rings (SSSR count). The third-order valence-corrected chi connectivity index (χ3v) is 9.83.